The quantitative estimate of drug-likeness (QED) is 0.759. The highest BCUT2D eigenvalue weighted by molar-refractivity contribution is 5.76. The molecule has 84 valence electrons. The van der Waals surface area contributed by atoms with E-state index < -0.39 is 0 Å². The number of amides is 1. The first-order valence-electron chi connectivity index (χ1n) is 5.79. The number of hydrogen-bond donors (Lipinski definition) is 0. The summed E-state index contributed by atoms with van der Waals surface area (Å²) in [6.07, 6.45) is 4.72. The van der Waals surface area contributed by atoms with Crippen LogP contribution in [0, 0.1) is 0 Å². The number of carbonyl (C=O) groups is 1. The Morgan fingerprint density at radius 1 is 1.25 bits per heavy atom. The maximum Gasteiger partial charge on any atom is 0.222 e. The van der Waals surface area contributed by atoms with Crippen LogP contribution in [0.5, 0.6) is 0 Å². The Bertz CT molecular complexity index is 380. The van der Waals surface area contributed by atoms with Crippen LogP contribution in [0.15, 0.2) is 30.8 Å². The topological polar surface area (TPSA) is 20.3 Å². The molecule has 0 spiro atoms. The van der Waals surface area contributed by atoms with Gasteiger partial charge in [0.05, 0.1) is 0 Å². The van der Waals surface area contributed by atoms with Gasteiger partial charge in [-0.15, -0.1) is 0 Å². The second-order valence-corrected chi connectivity index (χ2v) is 4.22. The molecule has 1 aliphatic heterocycles. The summed E-state index contributed by atoms with van der Waals surface area (Å²) >= 11 is 0. The zero-order chi connectivity index (χ0) is 11.4. The van der Waals surface area contributed by atoms with E-state index in [2.05, 4.69) is 18.7 Å². The Kier molecular flexibility index (Phi) is 3.40. The van der Waals surface area contributed by atoms with Crippen molar-refractivity contribution in [3.63, 3.8) is 0 Å². The molecule has 0 saturated carbocycles. The lowest BCUT2D eigenvalue weighted by molar-refractivity contribution is -0.133. The third-order valence-electron chi connectivity index (χ3n) is 3.01. The Morgan fingerprint density at radius 2 is 2.00 bits per heavy atom. The number of likely N-dealkylation sites (tertiary alicyclic amines) is 1. The molecule has 0 atom stereocenters. The van der Waals surface area contributed by atoms with Gasteiger partial charge in [-0.05, 0) is 24.0 Å². The fourth-order valence-electron chi connectivity index (χ4n) is 2.01. The van der Waals surface area contributed by atoms with Crippen molar-refractivity contribution in [2.75, 3.05) is 6.54 Å². The molecule has 1 heterocycles. The van der Waals surface area contributed by atoms with Crippen LogP contribution in [0.4, 0.5) is 0 Å². The maximum absolute atomic E-state index is 11.6. The van der Waals surface area contributed by atoms with Crippen molar-refractivity contribution in [2.24, 2.45) is 0 Å². The van der Waals surface area contributed by atoms with E-state index in [-0.39, 0.29) is 0 Å². The standard InChI is InChI=1S/C14H17NO/c1-2-12-6-8-13(9-7-12)11-15-10-4-3-5-14(15)16/h2,6-9H,1,3-5,10-11H2. The minimum absolute atomic E-state index is 0.291. The molecular weight excluding hydrogens is 198 g/mol. The van der Waals surface area contributed by atoms with E-state index in [0.29, 0.717) is 12.3 Å². The number of hydrogen-bond acceptors (Lipinski definition) is 1. The molecule has 1 aliphatic rings. The van der Waals surface area contributed by atoms with E-state index in [1.165, 1.54) is 5.56 Å². The minimum Gasteiger partial charge on any atom is -0.338 e. The Morgan fingerprint density at radius 3 is 2.62 bits per heavy atom. The normalized spacial score (nSPS) is 16.2. The average molecular weight is 215 g/mol. The van der Waals surface area contributed by atoms with Gasteiger partial charge in [0.25, 0.3) is 0 Å². The van der Waals surface area contributed by atoms with Crippen LogP contribution in [0.3, 0.4) is 0 Å². The fraction of sp³-hybridized carbons (Fsp3) is 0.357. The van der Waals surface area contributed by atoms with Gasteiger partial charge in [-0.25, -0.2) is 0 Å². The van der Waals surface area contributed by atoms with Gasteiger partial charge < -0.3 is 4.90 Å². The van der Waals surface area contributed by atoms with Crippen molar-refractivity contribution in [3.05, 3.63) is 42.0 Å². The van der Waals surface area contributed by atoms with Crippen LogP contribution >= 0.6 is 0 Å². The summed E-state index contributed by atoms with van der Waals surface area (Å²) < 4.78 is 0. The van der Waals surface area contributed by atoms with Gasteiger partial charge in [0.2, 0.25) is 5.91 Å². The smallest absolute Gasteiger partial charge is 0.222 e. The molecule has 0 N–H and O–H groups in total. The van der Waals surface area contributed by atoms with E-state index in [0.717, 1.165) is 31.5 Å². The highest BCUT2D eigenvalue weighted by atomic mass is 16.2. The third kappa shape index (κ3) is 2.51. The third-order valence-corrected chi connectivity index (χ3v) is 3.01. The van der Waals surface area contributed by atoms with E-state index >= 15 is 0 Å². The first kappa shape index (κ1) is 10.9. The molecule has 2 rings (SSSR count). The van der Waals surface area contributed by atoms with Gasteiger partial charge in [-0.1, -0.05) is 36.9 Å². The van der Waals surface area contributed by atoms with Crippen molar-refractivity contribution < 1.29 is 4.79 Å². The van der Waals surface area contributed by atoms with Crippen LogP contribution in [-0.2, 0) is 11.3 Å². The molecule has 2 heteroatoms. The zero-order valence-corrected chi connectivity index (χ0v) is 9.48. The van der Waals surface area contributed by atoms with Crippen molar-refractivity contribution >= 4 is 12.0 Å². The lowest BCUT2D eigenvalue weighted by Gasteiger charge is -2.26. The first-order valence-corrected chi connectivity index (χ1v) is 5.79. The molecule has 1 amide bonds. The molecular formula is C14H17NO. The molecule has 1 fully saturated rings. The van der Waals surface area contributed by atoms with Crippen LogP contribution in [-0.4, -0.2) is 17.4 Å². The van der Waals surface area contributed by atoms with Crippen molar-refractivity contribution in [2.45, 2.75) is 25.8 Å². The van der Waals surface area contributed by atoms with E-state index in [9.17, 15) is 4.79 Å². The Labute approximate surface area is 96.6 Å². The van der Waals surface area contributed by atoms with Gasteiger partial charge in [-0.3, -0.25) is 4.79 Å². The lowest BCUT2D eigenvalue weighted by atomic mass is 10.1. The molecule has 16 heavy (non-hydrogen) atoms. The summed E-state index contributed by atoms with van der Waals surface area (Å²) in [4.78, 5) is 13.6. The SMILES string of the molecule is C=Cc1ccc(CN2CCCCC2=O)cc1. The number of rotatable bonds is 3. The fourth-order valence-corrected chi connectivity index (χ4v) is 2.01. The second-order valence-electron chi connectivity index (χ2n) is 4.22. The molecule has 1 saturated heterocycles. The minimum atomic E-state index is 0.291. The van der Waals surface area contributed by atoms with Crippen molar-refractivity contribution in [3.8, 4) is 0 Å². The number of piperidine rings is 1. The van der Waals surface area contributed by atoms with Crippen LogP contribution < -0.4 is 0 Å². The van der Waals surface area contributed by atoms with Crippen molar-refractivity contribution in [1.29, 1.82) is 0 Å². The van der Waals surface area contributed by atoms with Crippen molar-refractivity contribution in [1.82, 2.24) is 4.90 Å². The molecule has 0 radical (unpaired) electrons. The van der Waals surface area contributed by atoms with Crippen LogP contribution in [0.2, 0.25) is 0 Å². The summed E-state index contributed by atoms with van der Waals surface area (Å²) in [6.45, 7) is 5.37. The van der Waals surface area contributed by atoms with Gasteiger partial charge in [-0.2, -0.15) is 0 Å². The highest BCUT2D eigenvalue weighted by Gasteiger charge is 2.17. The second kappa shape index (κ2) is 4.97. The Hall–Kier alpha value is -1.57. The summed E-state index contributed by atoms with van der Waals surface area (Å²) in [7, 11) is 0. The average Bonchev–Trinajstić information content (AvgIpc) is 2.33. The molecule has 0 bridgehead atoms. The lowest BCUT2D eigenvalue weighted by Crippen LogP contribution is -2.34. The number of carbonyl (C=O) groups excluding carboxylic acids is 1. The molecule has 2 nitrogen and oxygen atoms in total. The highest BCUT2D eigenvalue weighted by Crippen LogP contribution is 2.15. The number of benzene rings is 1. The van der Waals surface area contributed by atoms with Crippen LogP contribution in [0.25, 0.3) is 6.08 Å². The maximum atomic E-state index is 11.6. The largest absolute Gasteiger partial charge is 0.338 e. The zero-order valence-electron chi connectivity index (χ0n) is 9.48. The van der Waals surface area contributed by atoms with Gasteiger partial charge in [0, 0.05) is 19.5 Å². The van der Waals surface area contributed by atoms with E-state index in [4.69, 9.17) is 0 Å². The molecule has 0 aromatic heterocycles. The van der Waals surface area contributed by atoms with Crippen LogP contribution in [0.1, 0.15) is 30.4 Å². The molecule has 1 aromatic rings. The van der Waals surface area contributed by atoms with Gasteiger partial charge >= 0.3 is 0 Å². The van der Waals surface area contributed by atoms with Gasteiger partial charge in [0.1, 0.15) is 0 Å². The summed E-state index contributed by atoms with van der Waals surface area (Å²) in [5, 5.41) is 0. The summed E-state index contributed by atoms with van der Waals surface area (Å²) in [5.41, 5.74) is 2.31. The monoisotopic (exact) mass is 215 g/mol. The Balaban J connectivity index is 2.02. The van der Waals surface area contributed by atoms with E-state index in [1.807, 2.05) is 23.1 Å². The van der Waals surface area contributed by atoms with E-state index in [1.54, 1.807) is 0 Å². The number of nitrogens with zero attached hydrogens (tertiary/aromatic N) is 1. The molecule has 1 aromatic carbocycles. The summed E-state index contributed by atoms with van der Waals surface area (Å²) in [5.74, 6) is 0.291. The molecule has 0 unspecified atom stereocenters. The summed E-state index contributed by atoms with van der Waals surface area (Å²) in [6, 6.07) is 8.21. The predicted octanol–water partition coefficient (Wildman–Crippen LogP) is 2.84. The predicted molar refractivity (Wildman–Crippen MR) is 65.8 cm³/mol. The molecule has 0 aliphatic carbocycles. The first-order chi connectivity index (χ1) is 7.79. The van der Waals surface area contributed by atoms with Gasteiger partial charge in [0.15, 0.2) is 0 Å².